The van der Waals surface area contributed by atoms with Crippen LogP contribution in [0.25, 0.3) is 0 Å². The summed E-state index contributed by atoms with van der Waals surface area (Å²) in [6.07, 6.45) is 2.02. The van der Waals surface area contributed by atoms with Crippen LogP contribution in [0.2, 0.25) is 0 Å². The minimum atomic E-state index is -0.0825. The summed E-state index contributed by atoms with van der Waals surface area (Å²) < 4.78 is 0. The first-order valence-electron chi connectivity index (χ1n) is 4.65. The third kappa shape index (κ3) is 1.38. The Morgan fingerprint density at radius 2 is 2.46 bits per heavy atom. The number of carbonyl (C=O) groups excluding carboxylic acids is 1. The molecule has 0 spiro atoms. The third-order valence-corrected chi connectivity index (χ3v) is 2.60. The Bertz CT molecular complexity index is 333. The topological polar surface area (TPSA) is 29.1 Å². The van der Waals surface area contributed by atoms with Crippen LogP contribution in [0, 0.1) is 0 Å². The van der Waals surface area contributed by atoms with Crippen LogP contribution in [0.15, 0.2) is 18.2 Å². The van der Waals surface area contributed by atoms with Crippen molar-refractivity contribution in [2.45, 2.75) is 25.9 Å². The highest BCUT2D eigenvalue weighted by molar-refractivity contribution is 5.64. The van der Waals surface area contributed by atoms with Gasteiger partial charge < -0.3 is 4.79 Å². The Hall–Kier alpha value is -1.15. The summed E-state index contributed by atoms with van der Waals surface area (Å²) in [6, 6.07) is 6.27. The second kappa shape index (κ2) is 3.30. The van der Waals surface area contributed by atoms with Crippen LogP contribution < -0.4 is 5.32 Å². The molecule has 13 heavy (non-hydrogen) atoms. The summed E-state index contributed by atoms with van der Waals surface area (Å²) in [7, 11) is 0. The molecule has 68 valence electrons. The molecule has 1 aromatic carbocycles. The van der Waals surface area contributed by atoms with Gasteiger partial charge in [0, 0.05) is 6.54 Å². The molecule has 0 amide bonds. The van der Waals surface area contributed by atoms with Gasteiger partial charge in [-0.15, -0.1) is 0 Å². The van der Waals surface area contributed by atoms with E-state index in [1.165, 1.54) is 11.1 Å². The number of nitrogens with one attached hydrogen (secondary N) is 1. The summed E-state index contributed by atoms with van der Waals surface area (Å²) in [6.45, 7) is 2.97. The fourth-order valence-electron chi connectivity index (χ4n) is 1.79. The van der Waals surface area contributed by atoms with Crippen molar-refractivity contribution in [3.05, 3.63) is 34.9 Å². The van der Waals surface area contributed by atoms with Crippen LogP contribution in [0.1, 0.15) is 29.7 Å². The molecule has 0 saturated heterocycles. The van der Waals surface area contributed by atoms with Crippen molar-refractivity contribution in [2.75, 3.05) is 0 Å². The molecule has 1 atom stereocenters. The Kier molecular flexibility index (Phi) is 2.15. The first kappa shape index (κ1) is 8.45. The van der Waals surface area contributed by atoms with Gasteiger partial charge in [-0.1, -0.05) is 25.1 Å². The maximum Gasteiger partial charge on any atom is 0.141 e. The average Bonchev–Trinajstić information content (AvgIpc) is 2.59. The molecular weight excluding hydrogens is 162 g/mol. The fourth-order valence-corrected chi connectivity index (χ4v) is 1.79. The first-order valence-corrected chi connectivity index (χ1v) is 4.65. The molecule has 2 rings (SSSR count). The van der Waals surface area contributed by atoms with Gasteiger partial charge in [0.15, 0.2) is 0 Å². The van der Waals surface area contributed by atoms with Crippen LogP contribution in [0.3, 0.4) is 0 Å². The maximum absolute atomic E-state index is 10.7. The lowest BCUT2D eigenvalue weighted by molar-refractivity contribution is -0.109. The lowest BCUT2D eigenvalue weighted by Gasteiger charge is -2.03. The number of rotatable bonds is 2. The third-order valence-electron chi connectivity index (χ3n) is 2.60. The summed E-state index contributed by atoms with van der Waals surface area (Å²) in [5.74, 6) is 0. The van der Waals surface area contributed by atoms with Crippen LogP contribution in [-0.2, 0) is 17.8 Å². The molecule has 0 bridgehead atoms. The highest BCUT2D eigenvalue weighted by Gasteiger charge is 2.20. The van der Waals surface area contributed by atoms with Gasteiger partial charge in [-0.3, -0.25) is 5.32 Å². The first-order chi connectivity index (χ1) is 6.35. The van der Waals surface area contributed by atoms with Crippen LogP contribution >= 0.6 is 0 Å². The molecule has 0 saturated carbocycles. The minimum Gasteiger partial charge on any atom is -0.301 e. The number of aldehydes is 1. The van der Waals surface area contributed by atoms with Gasteiger partial charge in [0.05, 0.1) is 6.04 Å². The Balaban J connectivity index is 2.40. The fraction of sp³-hybridized carbons (Fsp3) is 0.364. The summed E-state index contributed by atoms with van der Waals surface area (Å²) in [5.41, 5.74) is 3.76. The van der Waals surface area contributed by atoms with E-state index in [2.05, 4.69) is 30.4 Å². The summed E-state index contributed by atoms with van der Waals surface area (Å²) in [5, 5.41) is 3.15. The highest BCUT2D eigenvalue weighted by atomic mass is 16.1. The number of aryl methyl sites for hydroxylation is 1. The van der Waals surface area contributed by atoms with E-state index < -0.39 is 0 Å². The quantitative estimate of drug-likeness (QED) is 0.691. The van der Waals surface area contributed by atoms with E-state index >= 15 is 0 Å². The van der Waals surface area contributed by atoms with Crippen molar-refractivity contribution in [1.82, 2.24) is 5.32 Å². The monoisotopic (exact) mass is 175 g/mol. The number of hydrogen-bond acceptors (Lipinski definition) is 2. The highest BCUT2D eigenvalue weighted by Crippen LogP contribution is 2.24. The molecule has 1 aromatic rings. The van der Waals surface area contributed by atoms with Gasteiger partial charge in [-0.05, 0) is 23.1 Å². The molecule has 1 aliphatic heterocycles. The van der Waals surface area contributed by atoms with Crippen LogP contribution in [0.5, 0.6) is 0 Å². The zero-order valence-corrected chi connectivity index (χ0v) is 7.71. The molecular formula is C11H13NO. The van der Waals surface area contributed by atoms with E-state index in [0.29, 0.717) is 0 Å². The van der Waals surface area contributed by atoms with Gasteiger partial charge in [-0.25, -0.2) is 0 Å². The second-order valence-electron chi connectivity index (χ2n) is 3.38. The Labute approximate surface area is 78.0 Å². The van der Waals surface area contributed by atoms with Crippen molar-refractivity contribution in [2.24, 2.45) is 0 Å². The molecule has 0 fully saturated rings. The lowest BCUT2D eigenvalue weighted by atomic mass is 10.0. The Morgan fingerprint density at radius 1 is 1.62 bits per heavy atom. The summed E-state index contributed by atoms with van der Waals surface area (Å²) in [4.78, 5) is 10.7. The molecule has 1 N–H and O–H groups in total. The molecule has 1 aliphatic rings. The zero-order chi connectivity index (χ0) is 9.26. The van der Waals surface area contributed by atoms with E-state index in [4.69, 9.17) is 0 Å². The number of fused-ring (bicyclic) bond motifs is 1. The van der Waals surface area contributed by atoms with E-state index in [1.54, 1.807) is 0 Å². The minimum absolute atomic E-state index is 0.0825. The van der Waals surface area contributed by atoms with Gasteiger partial charge in [0.1, 0.15) is 6.29 Å². The normalized spacial score (nSPS) is 19.9. The van der Waals surface area contributed by atoms with E-state index in [1.807, 2.05) is 0 Å². The molecule has 1 unspecified atom stereocenters. The van der Waals surface area contributed by atoms with E-state index in [9.17, 15) is 4.79 Å². The van der Waals surface area contributed by atoms with E-state index in [-0.39, 0.29) is 6.04 Å². The second-order valence-corrected chi connectivity index (χ2v) is 3.38. The lowest BCUT2D eigenvalue weighted by Crippen LogP contribution is -2.12. The van der Waals surface area contributed by atoms with E-state index in [0.717, 1.165) is 24.8 Å². The van der Waals surface area contributed by atoms with Crippen molar-refractivity contribution in [3.8, 4) is 0 Å². The Morgan fingerprint density at radius 3 is 3.15 bits per heavy atom. The number of hydrogen-bond donors (Lipinski definition) is 1. The molecule has 2 heteroatoms. The van der Waals surface area contributed by atoms with Gasteiger partial charge in [0.25, 0.3) is 0 Å². The van der Waals surface area contributed by atoms with Crippen molar-refractivity contribution in [1.29, 1.82) is 0 Å². The van der Waals surface area contributed by atoms with Crippen LogP contribution in [0.4, 0.5) is 0 Å². The predicted octanol–water partition coefficient (Wildman–Crippen LogP) is 1.59. The number of carbonyl (C=O) groups is 1. The number of benzene rings is 1. The van der Waals surface area contributed by atoms with Gasteiger partial charge >= 0.3 is 0 Å². The van der Waals surface area contributed by atoms with Gasteiger partial charge in [-0.2, -0.15) is 0 Å². The van der Waals surface area contributed by atoms with Gasteiger partial charge in [0.2, 0.25) is 0 Å². The summed E-state index contributed by atoms with van der Waals surface area (Å²) >= 11 is 0. The van der Waals surface area contributed by atoms with Crippen molar-refractivity contribution < 1.29 is 4.79 Å². The zero-order valence-electron chi connectivity index (χ0n) is 7.71. The standard InChI is InChI=1S/C11H13NO/c1-2-8-3-4-10-9(5-8)6-12-11(10)7-13/h3-5,7,11-12H,2,6H2,1H3. The predicted molar refractivity (Wildman–Crippen MR) is 51.5 cm³/mol. The van der Waals surface area contributed by atoms with Crippen molar-refractivity contribution in [3.63, 3.8) is 0 Å². The smallest absolute Gasteiger partial charge is 0.141 e. The molecule has 0 aromatic heterocycles. The van der Waals surface area contributed by atoms with Crippen molar-refractivity contribution >= 4 is 6.29 Å². The maximum atomic E-state index is 10.7. The van der Waals surface area contributed by atoms with Crippen LogP contribution in [-0.4, -0.2) is 6.29 Å². The SMILES string of the molecule is CCc1ccc2c(c1)CNC2C=O. The molecule has 0 radical (unpaired) electrons. The molecule has 0 aliphatic carbocycles. The average molecular weight is 175 g/mol. The molecule has 2 nitrogen and oxygen atoms in total. The molecule has 1 heterocycles. The largest absolute Gasteiger partial charge is 0.301 e.